The fraction of sp³-hybridized carbons (Fsp3) is 0.176. The number of hydroxylamine groups is 1. The van der Waals surface area contributed by atoms with Crippen molar-refractivity contribution in [3.05, 3.63) is 59.3 Å². The van der Waals surface area contributed by atoms with E-state index in [2.05, 4.69) is 11.9 Å². The Morgan fingerprint density at radius 3 is 2.46 bits per heavy atom. The molecule has 2 unspecified atom stereocenters. The molecule has 2 rings (SSSR count). The third kappa shape index (κ3) is 3.87. The van der Waals surface area contributed by atoms with Gasteiger partial charge in [0.25, 0.3) is 11.8 Å². The average molecular weight is 348 g/mol. The summed E-state index contributed by atoms with van der Waals surface area (Å²) < 4.78 is 14.3. The minimum Gasteiger partial charge on any atom is -0.337 e. The van der Waals surface area contributed by atoms with Gasteiger partial charge < -0.3 is 5.32 Å². The van der Waals surface area contributed by atoms with Crippen LogP contribution in [0.15, 0.2) is 53.7 Å². The van der Waals surface area contributed by atoms with E-state index in [0.717, 1.165) is 24.1 Å². The summed E-state index contributed by atoms with van der Waals surface area (Å²) in [5.41, 5.74) is 1.37. The molecule has 126 valence electrons. The highest BCUT2D eigenvalue weighted by Gasteiger charge is 2.38. The number of benzene rings is 1. The quantitative estimate of drug-likeness (QED) is 0.427. The highest BCUT2D eigenvalue weighted by Crippen LogP contribution is 2.23. The molecule has 1 aromatic heterocycles. The summed E-state index contributed by atoms with van der Waals surface area (Å²) in [7, 11) is 0. The Balaban J connectivity index is 2.18. The monoisotopic (exact) mass is 348 g/mol. The molecule has 0 saturated carbocycles. The van der Waals surface area contributed by atoms with Crippen LogP contribution in [-0.4, -0.2) is 28.7 Å². The van der Waals surface area contributed by atoms with Gasteiger partial charge in [0, 0.05) is 5.56 Å². The lowest BCUT2D eigenvalue weighted by atomic mass is 9.97. The van der Waals surface area contributed by atoms with Crippen LogP contribution >= 0.6 is 11.3 Å². The van der Waals surface area contributed by atoms with E-state index < -0.39 is 23.5 Å². The predicted octanol–water partition coefficient (Wildman–Crippen LogP) is 2.93. The van der Waals surface area contributed by atoms with Crippen LogP contribution in [0.3, 0.4) is 0 Å². The molecule has 0 fully saturated rings. The molecular formula is C17H17FN2O3S. The Morgan fingerprint density at radius 1 is 1.29 bits per heavy atom. The molecule has 0 saturated heterocycles. The Hall–Kier alpha value is -2.51. The number of hydrogen-bond donors (Lipinski definition) is 3. The molecule has 2 amide bonds. The van der Waals surface area contributed by atoms with Gasteiger partial charge in [-0.05, 0) is 47.0 Å². The van der Waals surface area contributed by atoms with E-state index in [4.69, 9.17) is 5.21 Å². The molecule has 0 bridgehead atoms. The fourth-order valence-corrected chi connectivity index (χ4v) is 2.77. The smallest absolute Gasteiger partial charge is 0.269 e. The van der Waals surface area contributed by atoms with Crippen LogP contribution in [0.25, 0.3) is 11.1 Å². The topological polar surface area (TPSA) is 78.4 Å². The highest BCUT2D eigenvalue weighted by molar-refractivity contribution is 7.08. The van der Waals surface area contributed by atoms with Gasteiger partial charge in [-0.15, -0.1) is 0 Å². The molecule has 2 atom stereocenters. The zero-order chi connectivity index (χ0) is 17.7. The van der Waals surface area contributed by atoms with Crippen molar-refractivity contribution in [3.63, 3.8) is 0 Å². The van der Waals surface area contributed by atoms with Crippen molar-refractivity contribution in [1.82, 2.24) is 10.8 Å². The lowest BCUT2D eigenvalue weighted by Gasteiger charge is -2.26. The third-order valence-corrected chi connectivity index (χ3v) is 4.30. The highest BCUT2D eigenvalue weighted by atomic mass is 32.1. The minimum atomic E-state index is -2.22. The van der Waals surface area contributed by atoms with Gasteiger partial charge in [0.1, 0.15) is 6.04 Å². The SMILES string of the molecule is C=CC(C)(F)C(NC(=O)c1ccc(-c2ccsc2)cc1)C(=O)NO. The lowest BCUT2D eigenvalue weighted by molar-refractivity contribution is -0.133. The first-order valence-electron chi connectivity index (χ1n) is 7.09. The summed E-state index contributed by atoms with van der Waals surface area (Å²) in [6.07, 6.45) is 0.896. The molecule has 2 aromatic rings. The first-order valence-corrected chi connectivity index (χ1v) is 8.03. The van der Waals surface area contributed by atoms with Crippen LogP contribution in [0.5, 0.6) is 0 Å². The Labute approximate surface area is 142 Å². The standard InChI is InChI=1S/C17H17FN2O3S/c1-3-17(2,18)14(16(22)20-23)19-15(21)12-6-4-11(5-7-12)13-8-9-24-10-13/h3-10,14,23H,1H2,2H3,(H,19,21)(H,20,22). The maximum Gasteiger partial charge on any atom is 0.269 e. The van der Waals surface area contributed by atoms with Crippen molar-refractivity contribution in [2.24, 2.45) is 0 Å². The second kappa shape index (κ2) is 7.37. The van der Waals surface area contributed by atoms with E-state index in [-0.39, 0.29) is 5.56 Å². The number of halogens is 1. The van der Waals surface area contributed by atoms with Crippen molar-refractivity contribution < 1.29 is 19.2 Å². The van der Waals surface area contributed by atoms with Crippen LogP contribution in [0.1, 0.15) is 17.3 Å². The Morgan fingerprint density at radius 2 is 1.96 bits per heavy atom. The number of thiophene rings is 1. The summed E-state index contributed by atoms with van der Waals surface area (Å²) in [6.45, 7) is 4.39. The molecule has 0 aliphatic heterocycles. The zero-order valence-electron chi connectivity index (χ0n) is 13.0. The molecule has 5 nitrogen and oxygen atoms in total. The van der Waals surface area contributed by atoms with Gasteiger partial charge in [0.15, 0.2) is 5.67 Å². The number of carbonyl (C=O) groups excluding carboxylic acids is 2. The van der Waals surface area contributed by atoms with Gasteiger partial charge >= 0.3 is 0 Å². The number of carbonyl (C=O) groups is 2. The Bertz CT molecular complexity index is 727. The summed E-state index contributed by atoms with van der Waals surface area (Å²) in [5, 5.41) is 14.9. The van der Waals surface area contributed by atoms with Gasteiger partial charge in [-0.3, -0.25) is 14.8 Å². The maximum atomic E-state index is 14.3. The van der Waals surface area contributed by atoms with Crippen molar-refractivity contribution in [2.45, 2.75) is 18.6 Å². The largest absolute Gasteiger partial charge is 0.337 e. The Kier molecular flexibility index (Phi) is 5.48. The van der Waals surface area contributed by atoms with Gasteiger partial charge in [0.2, 0.25) is 0 Å². The van der Waals surface area contributed by atoms with Crippen molar-refractivity contribution >= 4 is 23.2 Å². The van der Waals surface area contributed by atoms with E-state index in [1.165, 1.54) is 5.48 Å². The normalized spacial score (nSPS) is 14.3. The molecule has 1 aromatic carbocycles. The summed E-state index contributed by atoms with van der Waals surface area (Å²) in [4.78, 5) is 23.9. The summed E-state index contributed by atoms with van der Waals surface area (Å²) >= 11 is 1.57. The molecule has 0 aliphatic rings. The molecule has 1 heterocycles. The second-order valence-corrected chi connectivity index (χ2v) is 6.11. The van der Waals surface area contributed by atoms with E-state index in [9.17, 15) is 14.0 Å². The predicted molar refractivity (Wildman–Crippen MR) is 90.6 cm³/mol. The van der Waals surface area contributed by atoms with E-state index in [1.807, 2.05) is 16.8 Å². The minimum absolute atomic E-state index is 0.268. The van der Waals surface area contributed by atoms with Gasteiger partial charge in [0.05, 0.1) is 0 Å². The van der Waals surface area contributed by atoms with Crippen LogP contribution in [0, 0.1) is 0 Å². The number of amides is 2. The molecule has 24 heavy (non-hydrogen) atoms. The van der Waals surface area contributed by atoms with Gasteiger partial charge in [-0.2, -0.15) is 11.3 Å². The zero-order valence-corrected chi connectivity index (χ0v) is 13.8. The summed E-state index contributed by atoms with van der Waals surface area (Å²) in [5.74, 6) is -1.70. The number of nitrogens with one attached hydrogen (secondary N) is 2. The average Bonchev–Trinajstić information content (AvgIpc) is 3.13. The fourth-order valence-electron chi connectivity index (χ4n) is 2.10. The molecular weight excluding hydrogens is 331 g/mol. The first-order chi connectivity index (χ1) is 11.4. The number of alkyl halides is 1. The summed E-state index contributed by atoms with van der Waals surface area (Å²) in [6, 6.07) is 7.05. The van der Waals surface area contributed by atoms with E-state index >= 15 is 0 Å². The van der Waals surface area contributed by atoms with Crippen LogP contribution in [-0.2, 0) is 4.79 Å². The molecule has 0 spiro atoms. The third-order valence-electron chi connectivity index (χ3n) is 3.61. The van der Waals surface area contributed by atoms with E-state index in [0.29, 0.717) is 0 Å². The first kappa shape index (κ1) is 17.8. The van der Waals surface area contributed by atoms with Gasteiger partial charge in [-0.1, -0.05) is 24.8 Å². The molecule has 0 aliphatic carbocycles. The number of hydrogen-bond acceptors (Lipinski definition) is 4. The second-order valence-electron chi connectivity index (χ2n) is 5.33. The van der Waals surface area contributed by atoms with Crippen molar-refractivity contribution in [3.8, 4) is 11.1 Å². The molecule has 0 radical (unpaired) electrons. The van der Waals surface area contributed by atoms with Crippen molar-refractivity contribution in [1.29, 1.82) is 0 Å². The molecule has 7 heteroatoms. The van der Waals surface area contributed by atoms with Crippen molar-refractivity contribution in [2.75, 3.05) is 0 Å². The van der Waals surface area contributed by atoms with Crippen LogP contribution < -0.4 is 10.8 Å². The molecule has 3 N–H and O–H groups in total. The number of rotatable bonds is 6. The lowest BCUT2D eigenvalue weighted by Crippen LogP contribution is -2.55. The van der Waals surface area contributed by atoms with Gasteiger partial charge in [-0.25, -0.2) is 9.87 Å². The van der Waals surface area contributed by atoms with Crippen LogP contribution in [0.2, 0.25) is 0 Å². The maximum absolute atomic E-state index is 14.3. The van der Waals surface area contributed by atoms with E-state index in [1.54, 1.807) is 35.6 Å². The van der Waals surface area contributed by atoms with Crippen LogP contribution in [0.4, 0.5) is 4.39 Å².